The standard InChI is InChI=1S/C14H20Cl2N4/c1-9(5-6-19(3)4)20-13(10(2)15)18-12-7-11(16)8-17-14(12)20/h7-10H,5-6H2,1-4H3. The Morgan fingerprint density at radius 2 is 2.05 bits per heavy atom. The number of rotatable bonds is 5. The second-order valence-corrected chi connectivity index (χ2v) is 6.48. The fourth-order valence-corrected chi connectivity index (χ4v) is 2.57. The highest BCUT2D eigenvalue weighted by molar-refractivity contribution is 6.31. The summed E-state index contributed by atoms with van der Waals surface area (Å²) in [4.78, 5) is 11.2. The minimum Gasteiger partial charge on any atom is -0.309 e. The molecule has 2 aromatic heterocycles. The van der Waals surface area contributed by atoms with Crippen molar-refractivity contribution in [3.63, 3.8) is 0 Å². The van der Waals surface area contributed by atoms with Crippen molar-refractivity contribution in [1.82, 2.24) is 19.4 Å². The molecule has 110 valence electrons. The van der Waals surface area contributed by atoms with Crippen LogP contribution < -0.4 is 0 Å². The van der Waals surface area contributed by atoms with Gasteiger partial charge in [-0.25, -0.2) is 9.97 Å². The third kappa shape index (κ3) is 3.25. The molecule has 2 unspecified atom stereocenters. The largest absolute Gasteiger partial charge is 0.309 e. The molecule has 0 spiro atoms. The number of hydrogen-bond acceptors (Lipinski definition) is 3. The van der Waals surface area contributed by atoms with E-state index in [-0.39, 0.29) is 11.4 Å². The third-order valence-corrected chi connectivity index (χ3v) is 3.72. The van der Waals surface area contributed by atoms with Crippen molar-refractivity contribution in [3.05, 3.63) is 23.1 Å². The molecule has 0 radical (unpaired) electrons. The zero-order valence-corrected chi connectivity index (χ0v) is 13.8. The molecule has 0 aliphatic rings. The van der Waals surface area contributed by atoms with Crippen LogP contribution in [0.4, 0.5) is 0 Å². The van der Waals surface area contributed by atoms with E-state index in [4.69, 9.17) is 23.2 Å². The predicted octanol–water partition coefficient (Wildman–Crippen LogP) is 3.90. The molecule has 0 fully saturated rings. The molecule has 0 N–H and O–H groups in total. The summed E-state index contributed by atoms with van der Waals surface area (Å²) in [5, 5.41) is 0.432. The Bertz CT molecular complexity index is 592. The Morgan fingerprint density at radius 1 is 1.35 bits per heavy atom. The second kappa shape index (κ2) is 6.29. The van der Waals surface area contributed by atoms with E-state index in [0.29, 0.717) is 5.02 Å². The van der Waals surface area contributed by atoms with Crippen LogP contribution in [0.25, 0.3) is 11.2 Å². The van der Waals surface area contributed by atoms with E-state index in [1.54, 1.807) is 6.20 Å². The van der Waals surface area contributed by atoms with E-state index in [1.807, 2.05) is 13.0 Å². The number of pyridine rings is 1. The average molecular weight is 315 g/mol. The van der Waals surface area contributed by atoms with E-state index >= 15 is 0 Å². The quantitative estimate of drug-likeness (QED) is 0.785. The number of imidazole rings is 1. The Morgan fingerprint density at radius 3 is 2.65 bits per heavy atom. The zero-order chi connectivity index (χ0) is 14.9. The number of nitrogens with zero attached hydrogens (tertiary/aromatic N) is 4. The van der Waals surface area contributed by atoms with Gasteiger partial charge >= 0.3 is 0 Å². The Kier molecular flexibility index (Phi) is 4.89. The van der Waals surface area contributed by atoms with Crippen LogP contribution in [0.5, 0.6) is 0 Å². The van der Waals surface area contributed by atoms with Gasteiger partial charge in [-0.05, 0) is 47.0 Å². The monoisotopic (exact) mass is 314 g/mol. The lowest BCUT2D eigenvalue weighted by molar-refractivity contribution is 0.357. The van der Waals surface area contributed by atoms with Crippen LogP contribution in [0.2, 0.25) is 5.02 Å². The van der Waals surface area contributed by atoms with Crippen LogP contribution in [-0.2, 0) is 0 Å². The van der Waals surface area contributed by atoms with Gasteiger partial charge in [0.15, 0.2) is 5.65 Å². The zero-order valence-electron chi connectivity index (χ0n) is 12.3. The lowest BCUT2D eigenvalue weighted by atomic mass is 10.2. The fraction of sp³-hybridized carbons (Fsp3) is 0.571. The number of halogens is 2. The molecular weight excluding hydrogens is 295 g/mol. The first-order valence-corrected chi connectivity index (χ1v) is 7.53. The van der Waals surface area contributed by atoms with E-state index < -0.39 is 0 Å². The van der Waals surface area contributed by atoms with E-state index in [9.17, 15) is 0 Å². The van der Waals surface area contributed by atoms with Crippen molar-refractivity contribution in [1.29, 1.82) is 0 Å². The van der Waals surface area contributed by atoms with Gasteiger partial charge in [-0.1, -0.05) is 11.6 Å². The maximum Gasteiger partial charge on any atom is 0.160 e. The smallest absolute Gasteiger partial charge is 0.160 e. The van der Waals surface area contributed by atoms with Crippen molar-refractivity contribution in [2.24, 2.45) is 0 Å². The lowest BCUT2D eigenvalue weighted by Crippen LogP contribution is -2.19. The number of fused-ring (bicyclic) bond motifs is 1. The summed E-state index contributed by atoms with van der Waals surface area (Å²) >= 11 is 12.3. The molecule has 6 heteroatoms. The van der Waals surface area contributed by atoms with Gasteiger partial charge in [0.05, 0.1) is 10.4 Å². The summed E-state index contributed by atoms with van der Waals surface area (Å²) in [7, 11) is 4.14. The van der Waals surface area contributed by atoms with Gasteiger partial charge in [-0.2, -0.15) is 0 Å². The first kappa shape index (κ1) is 15.5. The Balaban J connectivity index is 2.45. The van der Waals surface area contributed by atoms with Crippen molar-refractivity contribution in [2.45, 2.75) is 31.7 Å². The van der Waals surface area contributed by atoms with Crippen LogP contribution in [0.15, 0.2) is 12.3 Å². The highest BCUT2D eigenvalue weighted by Crippen LogP contribution is 2.29. The first-order valence-electron chi connectivity index (χ1n) is 6.72. The molecule has 0 saturated heterocycles. The van der Waals surface area contributed by atoms with Crippen LogP contribution in [0, 0.1) is 0 Å². The van der Waals surface area contributed by atoms with Crippen molar-refractivity contribution >= 4 is 34.4 Å². The second-order valence-electron chi connectivity index (χ2n) is 5.39. The maximum atomic E-state index is 6.27. The van der Waals surface area contributed by atoms with Crippen LogP contribution >= 0.6 is 23.2 Å². The minimum atomic E-state index is -0.162. The van der Waals surface area contributed by atoms with Gasteiger partial charge in [0.2, 0.25) is 0 Å². The predicted molar refractivity (Wildman–Crippen MR) is 84.7 cm³/mol. The van der Waals surface area contributed by atoms with Gasteiger partial charge in [0.25, 0.3) is 0 Å². The van der Waals surface area contributed by atoms with Gasteiger partial charge in [-0.3, -0.25) is 0 Å². The van der Waals surface area contributed by atoms with Crippen molar-refractivity contribution < 1.29 is 0 Å². The highest BCUT2D eigenvalue weighted by atomic mass is 35.5. The SMILES string of the molecule is CC(Cl)c1nc2cc(Cl)cnc2n1C(C)CCN(C)C. The highest BCUT2D eigenvalue weighted by Gasteiger charge is 2.20. The molecule has 20 heavy (non-hydrogen) atoms. The molecule has 2 rings (SSSR count). The fourth-order valence-electron chi connectivity index (χ4n) is 2.26. The summed E-state index contributed by atoms with van der Waals surface area (Å²) in [6.45, 7) is 5.10. The maximum absolute atomic E-state index is 6.27. The van der Waals surface area contributed by atoms with Gasteiger partial charge in [0, 0.05) is 12.2 Å². The minimum absolute atomic E-state index is 0.162. The van der Waals surface area contributed by atoms with Crippen LogP contribution in [-0.4, -0.2) is 40.1 Å². The molecule has 2 atom stereocenters. The molecular formula is C14H20Cl2N4. The molecule has 2 aromatic rings. The molecule has 0 aromatic carbocycles. The Hall–Kier alpha value is -0.840. The normalized spacial score (nSPS) is 14.9. The number of hydrogen-bond donors (Lipinski definition) is 0. The van der Waals surface area contributed by atoms with Gasteiger partial charge < -0.3 is 9.47 Å². The first-order chi connectivity index (χ1) is 9.40. The third-order valence-electron chi connectivity index (χ3n) is 3.31. The molecule has 4 nitrogen and oxygen atoms in total. The molecule has 0 saturated carbocycles. The molecule has 0 aliphatic carbocycles. The summed E-state index contributed by atoms with van der Waals surface area (Å²) < 4.78 is 2.13. The summed E-state index contributed by atoms with van der Waals surface area (Å²) in [5.41, 5.74) is 1.65. The number of aromatic nitrogens is 3. The van der Waals surface area contributed by atoms with Gasteiger partial charge in [0.1, 0.15) is 11.3 Å². The van der Waals surface area contributed by atoms with E-state index in [1.165, 1.54) is 0 Å². The Labute approximate surface area is 129 Å². The summed E-state index contributed by atoms with van der Waals surface area (Å²) in [6, 6.07) is 2.12. The van der Waals surface area contributed by atoms with Crippen LogP contribution in [0.1, 0.15) is 37.5 Å². The summed E-state index contributed by atoms with van der Waals surface area (Å²) in [6.07, 6.45) is 2.67. The van der Waals surface area contributed by atoms with Crippen molar-refractivity contribution in [2.75, 3.05) is 20.6 Å². The molecule has 2 heterocycles. The number of alkyl halides is 1. The average Bonchev–Trinajstić information content (AvgIpc) is 2.74. The van der Waals surface area contributed by atoms with Crippen molar-refractivity contribution in [3.8, 4) is 0 Å². The van der Waals surface area contributed by atoms with Gasteiger partial charge in [-0.15, -0.1) is 11.6 Å². The van der Waals surface area contributed by atoms with E-state index in [0.717, 1.165) is 30.0 Å². The lowest BCUT2D eigenvalue weighted by Gasteiger charge is -2.20. The van der Waals surface area contributed by atoms with E-state index in [2.05, 4.69) is 40.5 Å². The molecule has 0 amide bonds. The molecule has 0 aliphatic heterocycles. The topological polar surface area (TPSA) is 34.0 Å². The van der Waals surface area contributed by atoms with Crippen LogP contribution in [0.3, 0.4) is 0 Å². The molecule has 0 bridgehead atoms. The summed E-state index contributed by atoms with van der Waals surface area (Å²) in [5.74, 6) is 0.850.